The Bertz CT molecular complexity index is 633. The molecule has 6 heteroatoms. The molecule has 0 N–H and O–H groups in total. The Morgan fingerprint density at radius 1 is 0.821 bits per heavy atom. The van der Waals surface area contributed by atoms with Gasteiger partial charge >= 0.3 is 0 Å². The van der Waals surface area contributed by atoms with Gasteiger partial charge in [-0.25, -0.2) is 0 Å². The molecule has 154 valence electrons. The van der Waals surface area contributed by atoms with Gasteiger partial charge in [0.25, 0.3) is 0 Å². The maximum Gasteiger partial charge on any atom is 0.223 e. The predicted molar refractivity (Wildman–Crippen MR) is 109 cm³/mol. The van der Waals surface area contributed by atoms with Gasteiger partial charge in [-0.05, 0) is 24.0 Å². The Kier molecular flexibility index (Phi) is 7.86. The first-order valence-electron chi connectivity index (χ1n) is 10.6. The van der Waals surface area contributed by atoms with Gasteiger partial charge in [0.1, 0.15) is 0 Å². The van der Waals surface area contributed by atoms with E-state index in [1.165, 1.54) is 11.1 Å². The first-order valence-corrected chi connectivity index (χ1v) is 10.6. The Hall–Kier alpha value is -1.92. The van der Waals surface area contributed by atoms with E-state index in [1.54, 1.807) is 0 Å². The van der Waals surface area contributed by atoms with Crippen molar-refractivity contribution in [2.75, 3.05) is 59.0 Å². The number of aryl methyl sites for hydroxylation is 2. The summed E-state index contributed by atoms with van der Waals surface area (Å²) < 4.78 is 5.34. The number of piperazine rings is 1. The van der Waals surface area contributed by atoms with Gasteiger partial charge in [0.15, 0.2) is 0 Å². The summed E-state index contributed by atoms with van der Waals surface area (Å²) in [6.45, 7) is 8.90. The molecule has 0 radical (unpaired) electrons. The highest BCUT2D eigenvalue weighted by Crippen LogP contribution is 2.11. The lowest BCUT2D eigenvalue weighted by molar-refractivity contribution is -0.139. The number of morpholine rings is 1. The van der Waals surface area contributed by atoms with Gasteiger partial charge in [-0.2, -0.15) is 0 Å². The number of nitrogens with zero attached hydrogens (tertiary/aromatic N) is 3. The fourth-order valence-corrected chi connectivity index (χ4v) is 3.79. The molecule has 0 spiro atoms. The van der Waals surface area contributed by atoms with Crippen LogP contribution in [0.15, 0.2) is 24.3 Å². The van der Waals surface area contributed by atoms with E-state index < -0.39 is 0 Å². The second-order valence-corrected chi connectivity index (χ2v) is 7.64. The lowest BCUT2D eigenvalue weighted by Gasteiger charge is -2.35. The van der Waals surface area contributed by atoms with Crippen molar-refractivity contribution in [3.8, 4) is 0 Å². The fraction of sp³-hybridized carbons (Fsp3) is 0.636. The minimum atomic E-state index is 0.194. The number of rotatable bonds is 7. The molecule has 0 bridgehead atoms. The van der Waals surface area contributed by atoms with E-state index in [2.05, 4.69) is 36.1 Å². The van der Waals surface area contributed by atoms with Crippen molar-refractivity contribution in [3.05, 3.63) is 35.4 Å². The van der Waals surface area contributed by atoms with Gasteiger partial charge in [0, 0.05) is 58.7 Å². The second kappa shape index (κ2) is 10.6. The van der Waals surface area contributed by atoms with Crippen LogP contribution in [0.2, 0.25) is 0 Å². The van der Waals surface area contributed by atoms with Gasteiger partial charge in [-0.3, -0.25) is 14.5 Å². The highest BCUT2D eigenvalue weighted by molar-refractivity contribution is 5.78. The number of carbonyl (C=O) groups excluding carboxylic acids is 2. The van der Waals surface area contributed by atoms with Crippen LogP contribution in [0, 0.1) is 0 Å². The van der Waals surface area contributed by atoms with Crippen LogP contribution >= 0.6 is 0 Å². The molecule has 2 aliphatic rings. The molecule has 0 aliphatic carbocycles. The van der Waals surface area contributed by atoms with Crippen LogP contribution in [0.1, 0.15) is 30.9 Å². The summed E-state index contributed by atoms with van der Waals surface area (Å²) in [5, 5.41) is 0. The maximum absolute atomic E-state index is 12.5. The van der Waals surface area contributed by atoms with E-state index in [1.807, 2.05) is 9.80 Å². The standard InChI is InChI=1S/C22H33N3O3/c1-2-19-3-5-20(6-4-19)7-8-21(26)24-11-13-25(14-12-24)22(27)9-10-23-15-17-28-18-16-23/h3-6H,2,7-18H2,1H3. The number of hydrogen-bond donors (Lipinski definition) is 0. The van der Waals surface area contributed by atoms with Crippen molar-refractivity contribution >= 4 is 11.8 Å². The Morgan fingerprint density at radius 3 is 1.93 bits per heavy atom. The van der Waals surface area contributed by atoms with Crippen molar-refractivity contribution < 1.29 is 14.3 Å². The normalized spacial score (nSPS) is 18.3. The second-order valence-electron chi connectivity index (χ2n) is 7.64. The molecule has 2 fully saturated rings. The highest BCUT2D eigenvalue weighted by Gasteiger charge is 2.24. The van der Waals surface area contributed by atoms with Crippen LogP contribution in [0.3, 0.4) is 0 Å². The number of benzene rings is 1. The van der Waals surface area contributed by atoms with Gasteiger partial charge < -0.3 is 14.5 Å². The molecule has 2 heterocycles. The molecule has 2 amide bonds. The predicted octanol–water partition coefficient (Wildman–Crippen LogP) is 1.57. The Morgan fingerprint density at radius 2 is 1.36 bits per heavy atom. The summed E-state index contributed by atoms with van der Waals surface area (Å²) in [6.07, 6.45) is 2.91. The Labute approximate surface area is 168 Å². The van der Waals surface area contributed by atoms with Crippen molar-refractivity contribution in [2.45, 2.75) is 32.6 Å². The summed E-state index contributed by atoms with van der Waals surface area (Å²) in [7, 11) is 0. The summed E-state index contributed by atoms with van der Waals surface area (Å²) in [5.74, 6) is 0.398. The lowest BCUT2D eigenvalue weighted by Crippen LogP contribution is -2.51. The molecule has 0 unspecified atom stereocenters. The third-order valence-electron chi connectivity index (χ3n) is 5.79. The first-order chi connectivity index (χ1) is 13.7. The summed E-state index contributed by atoms with van der Waals surface area (Å²) in [6, 6.07) is 8.52. The quantitative estimate of drug-likeness (QED) is 0.713. The van der Waals surface area contributed by atoms with E-state index in [0.717, 1.165) is 45.7 Å². The van der Waals surface area contributed by atoms with Crippen LogP contribution in [0.25, 0.3) is 0 Å². The molecule has 6 nitrogen and oxygen atoms in total. The molecule has 2 aliphatic heterocycles. The van der Waals surface area contributed by atoms with Crippen LogP contribution < -0.4 is 0 Å². The van der Waals surface area contributed by atoms with Crippen molar-refractivity contribution in [1.82, 2.24) is 14.7 Å². The molecule has 2 saturated heterocycles. The number of hydrogen-bond acceptors (Lipinski definition) is 4. The van der Waals surface area contributed by atoms with Crippen LogP contribution in [0.4, 0.5) is 0 Å². The van der Waals surface area contributed by atoms with Gasteiger partial charge in [-0.15, -0.1) is 0 Å². The van der Waals surface area contributed by atoms with Gasteiger partial charge in [-0.1, -0.05) is 31.2 Å². The van der Waals surface area contributed by atoms with E-state index >= 15 is 0 Å². The molecule has 3 rings (SSSR count). The minimum absolute atomic E-state index is 0.194. The van der Waals surface area contributed by atoms with Crippen LogP contribution in [-0.4, -0.2) is 85.5 Å². The fourth-order valence-electron chi connectivity index (χ4n) is 3.79. The zero-order chi connectivity index (χ0) is 19.8. The average molecular weight is 388 g/mol. The zero-order valence-corrected chi connectivity index (χ0v) is 17.1. The molecule has 0 atom stereocenters. The maximum atomic E-state index is 12.5. The summed E-state index contributed by atoms with van der Waals surface area (Å²) >= 11 is 0. The third-order valence-corrected chi connectivity index (χ3v) is 5.79. The molecule has 28 heavy (non-hydrogen) atoms. The molecule has 1 aromatic carbocycles. The summed E-state index contributed by atoms with van der Waals surface area (Å²) in [4.78, 5) is 31.1. The lowest BCUT2D eigenvalue weighted by atomic mass is 10.1. The van der Waals surface area contributed by atoms with Crippen LogP contribution in [0.5, 0.6) is 0 Å². The van der Waals surface area contributed by atoms with E-state index in [9.17, 15) is 9.59 Å². The third kappa shape index (κ3) is 6.04. The average Bonchev–Trinajstić information content (AvgIpc) is 2.77. The van der Waals surface area contributed by atoms with Crippen molar-refractivity contribution in [2.24, 2.45) is 0 Å². The van der Waals surface area contributed by atoms with E-state index in [4.69, 9.17) is 4.74 Å². The number of carbonyl (C=O) groups is 2. The van der Waals surface area contributed by atoms with Gasteiger partial charge in [0.05, 0.1) is 13.2 Å². The zero-order valence-electron chi connectivity index (χ0n) is 17.1. The van der Waals surface area contributed by atoms with Crippen molar-refractivity contribution in [3.63, 3.8) is 0 Å². The molecule has 0 saturated carbocycles. The van der Waals surface area contributed by atoms with Crippen LogP contribution in [-0.2, 0) is 27.2 Å². The minimum Gasteiger partial charge on any atom is -0.379 e. The molecule has 1 aromatic rings. The smallest absolute Gasteiger partial charge is 0.223 e. The number of ether oxygens (including phenoxy) is 1. The molecule has 0 aromatic heterocycles. The Balaban J connectivity index is 1.35. The highest BCUT2D eigenvalue weighted by atomic mass is 16.5. The van der Waals surface area contributed by atoms with E-state index in [0.29, 0.717) is 39.0 Å². The monoisotopic (exact) mass is 387 g/mol. The topological polar surface area (TPSA) is 53.1 Å². The van der Waals surface area contributed by atoms with E-state index in [-0.39, 0.29) is 11.8 Å². The number of amides is 2. The van der Waals surface area contributed by atoms with Crippen molar-refractivity contribution in [1.29, 1.82) is 0 Å². The first kappa shape index (κ1) is 20.8. The SMILES string of the molecule is CCc1ccc(CCC(=O)N2CCN(C(=O)CCN3CCOCC3)CC2)cc1. The largest absolute Gasteiger partial charge is 0.379 e. The van der Waals surface area contributed by atoms with Gasteiger partial charge in [0.2, 0.25) is 11.8 Å². The molecular formula is C22H33N3O3. The summed E-state index contributed by atoms with van der Waals surface area (Å²) in [5.41, 5.74) is 2.53. The molecular weight excluding hydrogens is 354 g/mol.